The number of ether oxygens (including phenoxy) is 4. The van der Waals surface area contributed by atoms with Crippen LogP contribution in [-0.2, 0) is 11.2 Å². The maximum absolute atomic E-state index is 13.0. The van der Waals surface area contributed by atoms with Crippen LogP contribution in [0.1, 0.15) is 42.9 Å². The van der Waals surface area contributed by atoms with Gasteiger partial charge in [-0.25, -0.2) is 0 Å². The summed E-state index contributed by atoms with van der Waals surface area (Å²) in [5, 5.41) is 15.8. The Kier molecular flexibility index (Phi) is 9.46. The quantitative estimate of drug-likeness (QED) is 0.186. The molecule has 0 spiro atoms. The van der Waals surface area contributed by atoms with Crippen molar-refractivity contribution in [3.8, 4) is 23.0 Å². The third-order valence-corrected chi connectivity index (χ3v) is 8.06. The molecule has 1 amide bonds. The fourth-order valence-corrected chi connectivity index (χ4v) is 5.52. The molecule has 2 aliphatic heterocycles. The predicted molar refractivity (Wildman–Crippen MR) is 171 cm³/mol. The first-order chi connectivity index (χ1) is 20.9. The summed E-state index contributed by atoms with van der Waals surface area (Å²) in [5.41, 5.74) is 3.07. The van der Waals surface area contributed by atoms with E-state index in [0.717, 1.165) is 22.8 Å². The number of methoxy groups -OCH3 is 2. The Bertz CT molecular complexity index is 1560. The highest BCUT2D eigenvalue weighted by atomic mass is 32.2. The van der Waals surface area contributed by atoms with Crippen molar-refractivity contribution in [1.82, 2.24) is 5.01 Å². The number of carbonyl (C=O) groups excluding carboxylic acids is 1. The second kappa shape index (κ2) is 13.6. The van der Waals surface area contributed by atoms with Crippen LogP contribution in [-0.4, -0.2) is 54.4 Å². The Balaban J connectivity index is 1.28. The lowest BCUT2D eigenvalue weighted by Crippen LogP contribution is -2.35. The van der Waals surface area contributed by atoms with Crippen LogP contribution in [0.5, 0.6) is 23.0 Å². The first-order valence-electron chi connectivity index (χ1n) is 14.0. The lowest BCUT2D eigenvalue weighted by Gasteiger charge is -2.20. The topological polar surface area (TPSA) is 106 Å². The maximum Gasteiger partial charge on any atom is 0.283 e. The van der Waals surface area contributed by atoms with E-state index in [-0.39, 0.29) is 18.0 Å². The van der Waals surface area contributed by atoms with Crippen LogP contribution in [0.2, 0.25) is 0 Å². The van der Waals surface area contributed by atoms with Crippen molar-refractivity contribution in [1.29, 1.82) is 5.41 Å². The van der Waals surface area contributed by atoms with Crippen LogP contribution in [0, 0.1) is 5.41 Å². The van der Waals surface area contributed by atoms with Crippen LogP contribution < -0.4 is 18.9 Å². The summed E-state index contributed by atoms with van der Waals surface area (Å²) in [4.78, 5) is 17.2. The zero-order valence-corrected chi connectivity index (χ0v) is 25.4. The lowest BCUT2D eigenvalue weighted by atomic mass is 9.99. The van der Waals surface area contributed by atoms with Gasteiger partial charge in [0.15, 0.2) is 17.3 Å². The zero-order valence-electron chi connectivity index (χ0n) is 24.6. The molecule has 0 aromatic heterocycles. The van der Waals surface area contributed by atoms with Gasteiger partial charge in [-0.05, 0) is 71.1 Å². The molecular formula is C33H34N4O5S. The monoisotopic (exact) mass is 598 g/mol. The Morgan fingerprint density at radius 1 is 0.977 bits per heavy atom. The van der Waals surface area contributed by atoms with Crippen molar-refractivity contribution in [2.75, 3.05) is 27.4 Å². The first kappa shape index (κ1) is 29.9. The molecule has 0 radical (unpaired) electrons. The third-order valence-electron chi connectivity index (χ3n) is 7.15. The summed E-state index contributed by atoms with van der Waals surface area (Å²) >= 11 is 1.30. The number of carbonyl (C=O) groups is 1. The van der Waals surface area contributed by atoms with Gasteiger partial charge in [-0.15, -0.1) is 0 Å². The number of amides is 1. The van der Waals surface area contributed by atoms with Gasteiger partial charge in [-0.1, -0.05) is 56.3 Å². The molecule has 0 saturated carbocycles. The van der Waals surface area contributed by atoms with E-state index in [1.165, 1.54) is 36.6 Å². The first-order valence-corrected chi connectivity index (χ1v) is 14.9. The molecule has 3 aromatic carbocycles. The number of hydrazone groups is 1. The summed E-state index contributed by atoms with van der Waals surface area (Å²) in [5.74, 6) is 1.99. The van der Waals surface area contributed by atoms with E-state index in [4.69, 9.17) is 24.4 Å². The SMILES string of the molecule is CCC(C)c1ccc(OCCOc2c(OC)cc(/C=C3/C(=N)N4N=C(Cc5ccccc5)SC4=NC3=O)cc2OC)cc1. The molecule has 0 saturated heterocycles. The Hall–Kier alpha value is -4.57. The van der Waals surface area contributed by atoms with Crippen molar-refractivity contribution in [2.45, 2.75) is 32.6 Å². The smallest absolute Gasteiger partial charge is 0.283 e. The molecule has 222 valence electrons. The van der Waals surface area contributed by atoms with Gasteiger partial charge < -0.3 is 18.9 Å². The summed E-state index contributed by atoms with van der Waals surface area (Å²) < 4.78 is 23.1. The maximum atomic E-state index is 13.0. The van der Waals surface area contributed by atoms with Crippen molar-refractivity contribution in [3.63, 3.8) is 0 Å². The highest BCUT2D eigenvalue weighted by molar-refractivity contribution is 8.26. The van der Waals surface area contributed by atoms with Gasteiger partial charge in [0.1, 0.15) is 24.0 Å². The average Bonchev–Trinajstić information content (AvgIpc) is 3.43. The van der Waals surface area contributed by atoms with Crippen molar-refractivity contribution >= 4 is 39.8 Å². The normalized spacial score (nSPS) is 16.0. The largest absolute Gasteiger partial charge is 0.493 e. The summed E-state index contributed by atoms with van der Waals surface area (Å²) in [6.45, 7) is 4.97. The van der Waals surface area contributed by atoms with Crippen LogP contribution in [0.25, 0.3) is 6.08 Å². The molecule has 0 fully saturated rings. The van der Waals surface area contributed by atoms with E-state index < -0.39 is 5.91 Å². The molecule has 10 heteroatoms. The molecule has 0 bridgehead atoms. The van der Waals surface area contributed by atoms with Gasteiger partial charge in [0.2, 0.25) is 10.9 Å². The molecule has 5 rings (SSSR count). The van der Waals surface area contributed by atoms with Gasteiger partial charge in [-0.2, -0.15) is 15.1 Å². The average molecular weight is 599 g/mol. The number of fused-ring (bicyclic) bond motifs is 1. The van der Waals surface area contributed by atoms with Gasteiger partial charge in [-0.3, -0.25) is 10.2 Å². The highest BCUT2D eigenvalue weighted by Crippen LogP contribution is 2.40. The lowest BCUT2D eigenvalue weighted by molar-refractivity contribution is -0.114. The number of rotatable bonds is 12. The number of nitrogens with zero attached hydrogens (tertiary/aromatic N) is 3. The van der Waals surface area contributed by atoms with E-state index in [9.17, 15) is 4.79 Å². The van der Waals surface area contributed by atoms with E-state index in [2.05, 4.69) is 36.1 Å². The minimum Gasteiger partial charge on any atom is -0.493 e. The molecular weight excluding hydrogens is 564 g/mol. The van der Waals surface area contributed by atoms with Crippen LogP contribution >= 0.6 is 11.8 Å². The Morgan fingerprint density at radius 3 is 2.30 bits per heavy atom. The molecule has 2 heterocycles. The number of nitrogens with one attached hydrogen (secondary N) is 1. The van der Waals surface area contributed by atoms with Crippen molar-refractivity contribution in [2.24, 2.45) is 10.1 Å². The summed E-state index contributed by atoms with van der Waals surface area (Å²) in [6, 6.07) is 21.5. The summed E-state index contributed by atoms with van der Waals surface area (Å²) in [7, 11) is 3.06. The fraction of sp³-hybridized carbons (Fsp3) is 0.273. The second-order valence-corrected chi connectivity index (χ2v) is 11.0. The molecule has 1 atom stereocenters. The van der Waals surface area contributed by atoms with Crippen LogP contribution in [0.4, 0.5) is 0 Å². The molecule has 9 nitrogen and oxygen atoms in total. The minimum absolute atomic E-state index is 0.0434. The van der Waals surface area contributed by atoms with Gasteiger partial charge in [0.05, 0.1) is 19.8 Å². The molecule has 3 aromatic rings. The number of aliphatic imine (C=N–C) groups is 1. The van der Waals surface area contributed by atoms with E-state index in [1.807, 2.05) is 42.5 Å². The van der Waals surface area contributed by atoms with Gasteiger partial charge in [0, 0.05) is 6.42 Å². The minimum atomic E-state index is -0.507. The summed E-state index contributed by atoms with van der Waals surface area (Å²) in [6.07, 6.45) is 3.26. The number of thioether (sulfide) groups is 1. The molecule has 1 N–H and O–H groups in total. The fourth-order valence-electron chi connectivity index (χ4n) is 4.60. The Labute approximate surface area is 255 Å². The standard InChI is InChI=1S/C33H34N4O5S/c1-5-21(2)24-11-13-25(14-12-24)41-15-16-42-30-27(39-3)18-23(19-28(30)40-4)17-26-31(34)37-33(35-32(26)38)43-29(36-37)20-22-9-7-6-8-10-22/h6-14,17-19,21,34H,5,15-16,20H2,1-4H3/b26-17-,34-31?. The number of hydrogen-bond acceptors (Lipinski definition) is 8. The Morgan fingerprint density at radius 2 is 1.65 bits per heavy atom. The van der Waals surface area contributed by atoms with E-state index in [1.54, 1.807) is 18.2 Å². The van der Waals surface area contributed by atoms with E-state index >= 15 is 0 Å². The van der Waals surface area contributed by atoms with Crippen LogP contribution in [0.15, 0.2) is 82.4 Å². The van der Waals surface area contributed by atoms with Crippen molar-refractivity contribution < 1.29 is 23.7 Å². The number of hydrogen-bond donors (Lipinski definition) is 1. The molecule has 1 unspecified atom stereocenters. The second-order valence-electron chi connectivity index (χ2n) is 10.0. The number of benzene rings is 3. The van der Waals surface area contributed by atoms with Crippen molar-refractivity contribution in [3.05, 3.63) is 89.0 Å². The highest BCUT2D eigenvalue weighted by Gasteiger charge is 2.35. The van der Waals surface area contributed by atoms with Crippen LogP contribution in [0.3, 0.4) is 0 Å². The molecule has 2 aliphatic rings. The van der Waals surface area contributed by atoms with E-state index in [0.29, 0.717) is 46.9 Å². The molecule has 0 aliphatic carbocycles. The zero-order chi connectivity index (χ0) is 30.3. The van der Waals surface area contributed by atoms with Gasteiger partial charge in [0.25, 0.3) is 5.91 Å². The predicted octanol–water partition coefficient (Wildman–Crippen LogP) is 6.54. The number of amidine groups is 2. The third kappa shape index (κ3) is 6.91. The van der Waals surface area contributed by atoms with Gasteiger partial charge >= 0.3 is 0 Å². The molecule has 43 heavy (non-hydrogen) atoms.